The van der Waals surface area contributed by atoms with Crippen molar-refractivity contribution in [1.82, 2.24) is 9.21 Å². The monoisotopic (exact) mass is 360 g/mol. The van der Waals surface area contributed by atoms with Gasteiger partial charge in [-0.2, -0.15) is 4.31 Å². The second-order valence-corrected chi connectivity index (χ2v) is 9.29. The highest BCUT2D eigenvalue weighted by molar-refractivity contribution is 7.90. The number of rotatable bonds is 4. The Hall–Kier alpha value is -0.740. The summed E-state index contributed by atoms with van der Waals surface area (Å²) < 4.78 is 43.6. The maximum absolute atomic E-state index is 12.8. The lowest BCUT2D eigenvalue weighted by Gasteiger charge is -2.40. The Labute approximate surface area is 142 Å². The zero-order valence-corrected chi connectivity index (χ0v) is 14.7. The summed E-state index contributed by atoms with van der Waals surface area (Å²) in [6.45, 7) is 2.92. The minimum absolute atomic E-state index is 0.0774. The number of sulfonamides is 1. The van der Waals surface area contributed by atoms with Crippen molar-refractivity contribution in [1.29, 1.82) is 0 Å². The molecule has 0 aromatic rings. The summed E-state index contributed by atoms with van der Waals surface area (Å²) in [7, 11) is -1.85. The molecule has 4 aliphatic heterocycles. The molecule has 0 aliphatic carbocycles. The lowest BCUT2D eigenvalue weighted by Crippen LogP contribution is -2.57. The molecule has 4 fully saturated rings. The number of hydrogen-bond donors (Lipinski definition) is 0. The van der Waals surface area contributed by atoms with E-state index in [1.54, 1.807) is 7.11 Å². The van der Waals surface area contributed by atoms with E-state index in [-0.39, 0.29) is 17.9 Å². The van der Waals surface area contributed by atoms with Gasteiger partial charge in [0.25, 0.3) is 0 Å². The van der Waals surface area contributed by atoms with Gasteiger partial charge in [0.2, 0.25) is 15.9 Å². The SMILES string of the molecule is COCCN1CC23CN(C(=O)C4CCOC4)C[C@@H](C[C@@H]2S1(=O)=O)O3. The third kappa shape index (κ3) is 2.48. The van der Waals surface area contributed by atoms with Crippen LogP contribution in [0.3, 0.4) is 0 Å². The van der Waals surface area contributed by atoms with Gasteiger partial charge in [0.1, 0.15) is 10.9 Å². The first-order chi connectivity index (χ1) is 11.5. The van der Waals surface area contributed by atoms with Crippen LogP contribution in [0.15, 0.2) is 0 Å². The van der Waals surface area contributed by atoms with Gasteiger partial charge in [-0.05, 0) is 12.8 Å². The zero-order valence-electron chi connectivity index (χ0n) is 13.8. The molecule has 8 nitrogen and oxygen atoms in total. The quantitative estimate of drug-likeness (QED) is 0.643. The predicted molar refractivity (Wildman–Crippen MR) is 83.9 cm³/mol. The molecule has 136 valence electrons. The first-order valence-electron chi connectivity index (χ1n) is 8.48. The van der Waals surface area contributed by atoms with Crippen LogP contribution in [0, 0.1) is 5.92 Å². The highest BCUT2D eigenvalue weighted by Crippen LogP contribution is 2.46. The minimum atomic E-state index is -3.40. The summed E-state index contributed by atoms with van der Waals surface area (Å²) in [4.78, 5) is 14.5. The standard InChI is InChI=1S/C15H24N2O6S/c1-21-5-3-17-10-15-9-16(14(18)11-2-4-22-8-11)7-12(23-15)6-13(15)24(17,19)20/h11-13H,2-10H2,1H3/t11?,12-,13+,15?/m1/s1. The van der Waals surface area contributed by atoms with Crippen molar-refractivity contribution < 1.29 is 27.4 Å². The van der Waals surface area contributed by atoms with Crippen molar-refractivity contribution in [3.8, 4) is 0 Å². The third-order valence-electron chi connectivity index (χ3n) is 5.65. The van der Waals surface area contributed by atoms with Gasteiger partial charge >= 0.3 is 0 Å². The Balaban J connectivity index is 1.54. The highest BCUT2D eigenvalue weighted by Gasteiger charge is 2.65. The predicted octanol–water partition coefficient (Wildman–Crippen LogP) is -0.947. The molecule has 0 aromatic carbocycles. The molecule has 1 amide bonds. The van der Waals surface area contributed by atoms with Crippen LogP contribution < -0.4 is 0 Å². The molecule has 0 radical (unpaired) electrons. The number of ether oxygens (including phenoxy) is 3. The highest BCUT2D eigenvalue weighted by atomic mass is 32.2. The maximum atomic E-state index is 12.8. The van der Waals surface area contributed by atoms with E-state index in [1.807, 2.05) is 4.90 Å². The molecule has 4 atom stereocenters. The van der Waals surface area contributed by atoms with Crippen LogP contribution in [0.25, 0.3) is 0 Å². The topological polar surface area (TPSA) is 85.4 Å². The first kappa shape index (κ1) is 16.7. The number of carbonyl (C=O) groups excluding carboxylic acids is 1. The van der Waals surface area contributed by atoms with Crippen molar-refractivity contribution in [3.05, 3.63) is 0 Å². The molecule has 4 saturated heterocycles. The van der Waals surface area contributed by atoms with Gasteiger partial charge < -0.3 is 19.1 Å². The second-order valence-electron chi connectivity index (χ2n) is 7.18. The van der Waals surface area contributed by atoms with Crippen molar-refractivity contribution in [3.63, 3.8) is 0 Å². The van der Waals surface area contributed by atoms with E-state index in [2.05, 4.69) is 0 Å². The fourth-order valence-corrected chi connectivity index (χ4v) is 6.79. The number of methoxy groups -OCH3 is 1. The van der Waals surface area contributed by atoms with Crippen LogP contribution >= 0.6 is 0 Å². The van der Waals surface area contributed by atoms with Crippen molar-refractivity contribution in [2.24, 2.45) is 5.92 Å². The number of morpholine rings is 1. The van der Waals surface area contributed by atoms with Gasteiger partial charge in [0.05, 0.1) is 31.8 Å². The number of carbonyl (C=O) groups is 1. The molecular formula is C15H24N2O6S. The van der Waals surface area contributed by atoms with Gasteiger partial charge in [-0.25, -0.2) is 8.42 Å². The molecule has 4 heterocycles. The fourth-order valence-electron chi connectivity index (χ4n) is 4.50. The Bertz CT molecular complexity index is 619. The van der Waals surface area contributed by atoms with E-state index in [1.165, 1.54) is 4.31 Å². The molecule has 9 heteroatoms. The third-order valence-corrected chi connectivity index (χ3v) is 8.02. The van der Waals surface area contributed by atoms with Gasteiger partial charge in [-0.3, -0.25) is 4.79 Å². The van der Waals surface area contributed by atoms with Crippen LogP contribution in [-0.2, 0) is 29.0 Å². The van der Waals surface area contributed by atoms with E-state index in [9.17, 15) is 13.2 Å². The first-order valence-corrected chi connectivity index (χ1v) is 9.99. The largest absolute Gasteiger partial charge is 0.383 e. The van der Waals surface area contributed by atoms with E-state index < -0.39 is 20.9 Å². The van der Waals surface area contributed by atoms with Crippen molar-refractivity contribution in [2.75, 3.05) is 53.1 Å². The average molecular weight is 360 g/mol. The average Bonchev–Trinajstić information content (AvgIpc) is 3.21. The van der Waals surface area contributed by atoms with Crippen molar-refractivity contribution >= 4 is 15.9 Å². The summed E-state index contributed by atoms with van der Waals surface area (Å²) in [5, 5.41) is -0.551. The van der Waals surface area contributed by atoms with E-state index in [0.717, 1.165) is 6.42 Å². The zero-order chi connectivity index (χ0) is 16.9. The molecule has 2 bridgehead atoms. The normalized spacial score (nSPS) is 40.9. The van der Waals surface area contributed by atoms with Crippen LogP contribution in [-0.4, -0.2) is 93.6 Å². The van der Waals surface area contributed by atoms with Crippen LogP contribution in [0.4, 0.5) is 0 Å². The number of likely N-dealkylation sites (tertiary alicyclic amines) is 1. The Morgan fingerprint density at radius 2 is 2.21 bits per heavy atom. The molecule has 0 N–H and O–H groups in total. The van der Waals surface area contributed by atoms with Crippen LogP contribution in [0.1, 0.15) is 12.8 Å². The molecule has 1 spiro atoms. The lowest BCUT2D eigenvalue weighted by molar-refractivity contribution is -0.154. The molecule has 0 saturated carbocycles. The molecule has 2 unspecified atom stereocenters. The number of amides is 1. The summed E-state index contributed by atoms with van der Waals surface area (Å²) in [5.41, 5.74) is -0.787. The maximum Gasteiger partial charge on any atom is 0.228 e. The van der Waals surface area contributed by atoms with Crippen LogP contribution in [0.5, 0.6) is 0 Å². The summed E-state index contributed by atoms with van der Waals surface area (Å²) in [6, 6.07) is 0. The molecule has 24 heavy (non-hydrogen) atoms. The number of hydrogen-bond acceptors (Lipinski definition) is 6. The summed E-state index contributed by atoms with van der Waals surface area (Å²) in [6.07, 6.45) is 1.03. The van der Waals surface area contributed by atoms with Gasteiger partial charge in [-0.15, -0.1) is 0 Å². The van der Waals surface area contributed by atoms with Gasteiger partial charge in [0, 0.05) is 33.4 Å². The lowest BCUT2D eigenvalue weighted by atomic mass is 9.98. The van der Waals surface area contributed by atoms with Gasteiger partial charge in [-0.1, -0.05) is 0 Å². The Morgan fingerprint density at radius 3 is 2.92 bits per heavy atom. The molecule has 0 aromatic heterocycles. The van der Waals surface area contributed by atoms with Gasteiger partial charge in [0.15, 0.2) is 0 Å². The van der Waals surface area contributed by atoms with Crippen LogP contribution in [0.2, 0.25) is 0 Å². The van der Waals surface area contributed by atoms with E-state index in [0.29, 0.717) is 52.4 Å². The number of nitrogens with zero attached hydrogens (tertiary/aromatic N) is 2. The number of fused-ring (bicyclic) bond motifs is 1. The molecule has 4 rings (SSSR count). The molecule has 4 aliphatic rings. The smallest absolute Gasteiger partial charge is 0.228 e. The summed E-state index contributed by atoms with van der Waals surface area (Å²) >= 11 is 0. The Kier molecular flexibility index (Phi) is 4.12. The summed E-state index contributed by atoms with van der Waals surface area (Å²) in [5.74, 6) is -0.0199. The second kappa shape index (κ2) is 5.91. The Morgan fingerprint density at radius 1 is 1.38 bits per heavy atom. The van der Waals surface area contributed by atoms with E-state index >= 15 is 0 Å². The molecular weight excluding hydrogens is 336 g/mol. The fraction of sp³-hybridized carbons (Fsp3) is 0.933. The minimum Gasteiger partial charge on any atom is -0.383 e. The van der Waals surface area contributed by atoms with E-state index in [4.69, 9.17) is 14.2 Å². The van der Waals surface area contributed by atoms with Crippen molar-refractivity contribution in [2.45, 2.75) is 29.8 Å².